The number of rotatable bonds is 10. The number of fused-ring (bicyclic) bond motifs is 2. The maximum absolute atomic E-state index is 14.0. The molecule has 1 aliphatic rings. The minimum Gasteiger partial charge on any atom is -0.493 e. The summed E-state index contributed by atoms with van der Waals surface area (Å²) < 4.78 is 22.8. The van der Waals surface area contributed by atoms with E-state index >= 15 is 0 Å². The summed E-state index contributed by atoms with van der Waals surface area (Å²) in [5.74, 6) is 0.172. The molecular formula is C31H29ClN2O7S. The van der Waals surface area contributed by atoms with E-state index in [2.05, 4.69) is 25.4 Å². The lowest BCUT2D eigenvalue weighted by Gasteiger charge is -2.23. The second kappa shape index (κ2) is 12.0. The number of thiazole rings is 1. The Hall–Kier alpha value is -4.15. The second-order valence-electron chi connectivity index (χ2n) is 10.1. The van der Waals surface area contributed by atoms with Crippen LogP contribution in [0, 0.1) is 12.8 Å². The zero-order chi connectivity index (χ0) is 30.1. The molecule has 1 unspecified atom stereocenters. The molecule has 0 aliphatic carbocycles. The van der Waals surface area contributed by atoms with E-state index in [9.17, 15) is 14.4 Å². The van der Waals surface area contributed by atoms with Gasteiger partial charge in [0.15, 0.2) is 22.1 Å². The molecule has 218 valence electrons. The van der Waals surface area contributed by atoms with Crippen molar-refractivity contribution >= 4 is 50.9 Å². The highest BCUT2D eigenvalue weighted by molar-refractivity contribution is 7.17. The number of aromatic nitrogens is 1. The van der Waals surface area contributed by atoms with Gasteiger partial charge in [0.1, 0.15) is 17.1 Å². The summed E-state index contributed by atoms with van der Waals surface area (Å²) in [7, 11) is 1.52. The Labute approximate surface area is 251 Å². The summed E-state index contributed by atoms with van der Waals surface area (Å²) in [5.41, 5.74) is 0.910. The van der Waals surface area contributed by atoms with Crippen LogP contribution in [-0.4, -0.2) is 37.2 Å². The molecule has 2 aromatic carbocycles. The van der Waals surface area contributed by atoms with Crippen molar-refractivity contribution in [2.75, 3.05) is 25.2 Å². The average Bonchev–Trinajstić information content (AvgIpc) is 3.49. The highest BCUT2D eigenvalue weighted by atomic mass is 35.5. The van der Waals surface area contributed by atoms with Crippen LogP contribution in [0.25, 0.3) is 11.0 Å². The largest absolute Gasteiger partial charge is 0.493 e. The molecule has 2 aromatic heterocycles. The van der Waals surface area contributed by atoms with Crippen LogP contribution in [0.4, 0.5) is 5.13 Å². The molecule has 9 nitrogen and oxygen atoms in total. The second-order valence-corrected chi connectivity index (χ2v) is 11.5. The molecule has 0 radical (unpaired) electrons. The molecule has 1 amide bonds. The fourth-order valence-electron chi connectivity index (χ4n) is 4.71. The van der Waals surface area contributed by atoms with Gasteiger partial charge in [0.2, 0.25) is 5.76 Å². The summed E-state index contributed by atoms with van der Waals surface area (Å²) in [4.78, 5) is 46.8. The number of benzene rings is 2. The number of esters is 1. The fraction of sp³-hybridized carbons (Fsp3) is 0.290. The van der Waals surface area contributed by atoms with Crippen LogP contribution in [-0.2, 0) is 4.74 Å². The predicted molar refractivity (Wildman–Crippen MR) is 161 cm³/mol. The van der Waals surface area contributed by atoms with Crippen molar-refractivity contribution in [3.05, 3.63) is 91.8 Å². The van der Waals surface area contributed by atoms with Crippen LogP contribution in [0.3, 0.4) is 0 Å². The van der Waals surface area contributed by atoms with Gasteiger partial charge in [0.25, 0.3) is 5.91 Å². The van der Waals surface area contributed by atoms with Crippen molar-refractivity contribution in [1.29, 1.82) is 0 Å². The lowest BCUT2D eigenvalue weighted by atomic mass is 9.98. The maximum atomic E-state index is 14.0. The van der Waals surface area contributed by atoms with E-state index < -0.39 is 23.3 Å². The summed E-state index contributed by atoms with van der Waals surface area (Å²) in [6, 6.07) is 8.97. The Morgan fingerprint density at radius 2 is 2.00 bits per heavy atom. The van der Waals surface area contributed by atoms with Gasteiger partial charge in [-0.2, -0.15) is 0 Å². The standard InChI is InChI=1S/C31H29ClN2O7S/c1-6-12-40-30(37)28-17(4)33-31(42-28)34-25(18-7-9-22(23(14-18)38-5)39-13-11-16(2)3)24-26(35)20-15-19(32)8-10-21(20)41-27(24)29(34)36/h6-10,14-16,25H,1,11-13H2,2-5H3. The number of nitrogens with zero attached hydrogens (tertiary/aromatic N) is 2. The first-order valence-corrected chi connectivity index (χ1v) is 14.5. The van der Waals surface area contributed by atoms with E-state index in [1.807, 2.05) is 0 Å². The summed E-state index contributed by atoms with van der Waals surface area (Å²) >= 11 is 7.20. The number of hydrogen-bond acceptors (Lipinski definition) is 9. The Bertz CT molecular complexity index is 1760. The number of halogens is 1. The quantitative estimate of drug-likeness (QED) is 0.144. The summed E-state index contributed by atoms with van der Waals surface area (Å²) in [5, 5.41) is 0.804. The molecular weight excluding hydrogens is 580 g/mol. The van der Waals surface area contributed by atoms with Gasteiger partial charge in [-0.3, -0.25) is 14.5 Å². The van der Waals surface area contributed by atoms with Gasteiger partial charge in [-0.1, -0.05) is 55.5 Å². The molecule has 0 bridgehead atoms. The molecule has 0 spiro atoms. The van der Waals surface area contributed by atoms with Crippen molar-refractivity contribution < 1.29 is 28.2 Å². The molecule has 5 rings (SSSR count). The zero-order valence-corrected chi connectivity index (χ0v) is 25.1. The van der Waals surface area contributed by atoms with Gasteiger partial charge in [0, 0.05) is 5.02 Å². The number of amides is 1. The molecule has 1 atom stereocenters. The van der Waals surface area contributed by atoms with E-state index in [1.54, 1.807) is 37.3 Å². The number of methoxy groups -OCH3 is 1. The summed E-state index contributed by atoms with van der Waals surface area (Å²) in [6.45, 7) is 9.97. The molecule has 42 heavy (non-hydrogen) atoms. The topological polar surface area (TPSA) is 108 Å². The van der Waals surface area contributed by atoms with Gasteiger partial charge in [-0.15, -0.1) is 0 Å². The highest BCUT2D eigenvalue weighted by Gasteiger charge is 2.45. The lowest BCUT2D eigenvalue weighted by molar-refractivity contribution is 0.0554. The van der Waals surface area contributed by atoms with E-state index in [4.69, 9.17) is 30.2 Å². The van der Waals surface area contributed by atoms with E-state index in [0.29, 0.717) is 40.3 Å². The number of hydrogen-bond donors (Lipinski definition) is 0. The Kier molecular flexibility index (Phi) is 8.38. The number of anilines is 1. The normalized spacial score (nSPS) is 14.4. The average molecular weight is 609 g/mol. The third kappa shape index (κ3) is 5.39. The summed E-state index contributed by atoms with van der Waals surface area (Å²) in [6.07, 6.45) is 2.32. The first-order chi connectivity index (χ1) is 20.1. The SMILES string of the molecule is C=CCOC(=O)c1sc(N2C(=O)c3oc4ccc(Cl)cc4c(=O)c3C2c2ccc(OCCC(C)C)c(OC)c2)nc1C. The zero-order valence-electron chi connectivity index (χ0n) is 23.6. The molecule has 3 heterocycles. The number of carbonyl (C=O) groups is 2. The number of ether oxygens (including phenoxy) is 3. The molecule has 0 saturated carbocycles. The fourth-order valence-corrected chi connectivity index (χ4v) is 5.87. The third-order valence-corrected chi connectivity index (χ3v) is 8.17. The minimum absolute atomic E-state index is 0.0289. The van der Waals surface area contributed by atoms with Crippen molar-refractivity contribution in [3.63, 3.8) is 0 Å². The lowest BCUT2D eigenvalue weighted by Crippen LogP contribution is -2.29. The van der Waals surface area contributed by atoms with E-state index in [0.717, 1.165) is 17.8 Å². The minimum atomic E-state index is -0.937. The molecule has 0 fully saturated rings. The van der Waals surface area contributed by atoms with Crippen LogP contribution >= 0.6 is 22.9 Å². The Morgan fingerprint density at radius 3 is 2.71 bits per heavy atom. The van der Waals surface area contributed by atoms with Gasteiger partial charge >= 0.3 is 5.97 Å². The van der Waals surface area contributed by atoms with Crippen molar-refractivity contribution in [2.24, 2.45) is 5.92 Å². The third-order valence-electron chi connectivity index (χ3n) is 6.80. The predicted octanol–water partition coefficient (Wildman–Crippen LogP) is 6.74. The molecule has 1 aliphatic heterocycles. The number of aryl methyl sites for hydroxylation is 1. The van der Waals surface area contributed by atoms with Crippen molar-refractivity contribution in [3.8, 4) is 11.5 Å². The molecule has 4 aromatic rings. The van der Waals surface area contributed by atoms with E-state index in [-0.39, 0.29) is 38.9 Å². The molecule has 0 saturated heterocycles. The highest BCUT2D eigenvalue weighted by Crippen LogP contribution is 2.45. The van der Waals surface area contributed by atoms with Gasteiger partial charge in [-0.25, -0.2) is 9.78 Å². The molecule has 0 N–H and O–H groups in total. The van der Waals surface area contributed by atoms with Gasteiger partial charge < -0.3 is 18.6 Å². The van der Waals surface area contributed by atoms with Crippen molar-refractivity contribution in [2.45, 2.75) is 33.2 Å². The maximum Gasteiger partial charge on any atom is 0.350 e. The van der Waals surface area contributed by atoms with Crippen LogP contribution in [0.1, 0.15) is 63.4 Å². The first-order valence-electron chi connectivity index (χ1n) is 13.3. The number of carbonyl (C=O) groups excluding carboxylic acids is 2. The van der Waals surface area contributed by atoms with Crippen LogP contribution in [0.2, 0.25) is 5.02 Å². The Morgan fingerprint density at radius 1 is 1.21 bits per heavy atom. The van der Waals surface area contributed by atoms with Crippen LogP contribution < -0.4 is 19.8 Å². The van der Waals surface area contributed by atoms with Crippen molar-refractivity contribution in [1.82, 2.24) is 4.98 Å². The Balaban J connectivity index is 1.67. The first kappa shape index (κ1) is 29.3. The molecule has 11 heteroatoms. The monoisotopic (exact) mass is 608 g/mol. The van der Waals surface area contributed by atoms with Gasteiger partial charge in [0.05, 0.1) is 36.4 Å². The van der Waals surface area contributed by atoms with Crippen LogP contribution in [0.5, 0.6) is 11.5 Å². The van der Waals surface area contributed by atoms with E-state index in [1.165, 1.54) is 24.2 Å². The van der Waals surface area contributed by atoms with Crippen LogP contribution in [0.15, 0.2) is 58.3 Å². The smallest absolute Gasteiger partial charge is 0.350 e. The van der Waals surface area contributed by atoms with Gasteiger partial charge in [-0.05, 0) is 55.2 Å².